The second kappa shape index (κ2) is 3.50. The minimum Gasteiger partial charge on any atom is -0.505 e. The Kier molecular flexibility index (Phi) is 2.93. The number of phenolic OH excluding ortho intramolecular Hbond substituents is 1. The van der Waals surface area contributed by atoms with Gasteiger partial charge in [0.25, 0.3) is 0 Å². The van der Waals surface area contributed by atoms with Gasteiger partial charge in [-0.15, -0.1) is 0 Å². The van der Waals surface area contributed by atoms with Crippen molar-refractivity contribution >= 4 is 27.5 Å². The first-order chi connectivity index (χ1) is 5.82. The summed E-state index contributed by atoms with van der Waals surface area (Å²) in [5, 5.41) is 9.81. The molecule has 0 aliphatic heterocycles. The quantitative estimate of drug-likeness (QED) is 0.747. The molecule has 0 bridgehead atoms. The Bertz CT molecular complexity index is 305. The van der Waals surface area contributed by atoms with Crippen LogP contribution in [-0.4, -0.2) is 5.11 Å². The molecule has 13 heavy (non-hydrogen) atoms. The van der Waals surface area contributed by atoms with E-state index in [1.807, 2.05) is 6.07 Å². The van der Waals surface area contributed by atoms with Crippen LogP contribution in [0.1, 0.15) is 26.3 Å². The molecule has 0 aliphatic rings. The highest BCUT2D eigenvalue weighted by Gasteiger charge is 2.16. The van der Waals surface area contributed by atoms with Gasteiger partial charge in [-0.3, -0.25) is 0 Å². The van der Waals surface area contributed by atoms with E-state index < -0.39 is 0 Å². The molecule has 1 nitrogen and oxygen atoms in total. The summed E-state index contributed by atoms with van der Waals surface area (Å²) >= 11 is 9.10. The van der Waals surface area contributed by atoms with E-state index in [1.54, 1.807) is 6.07 Å². The van der Waals surface area contributed by atoms with E-state index in [9.17, 15) is 5.11 Å². The van der Waals surface area contributed by atoms with Crippen molar-refractivity contribution < 1.29 is 5.11 Å². The summed E-state index contributed by atoms with van der Waals surface area (Å²) in [6.07, 6.45) is 0. The molecule has 0 atom stereocenters. The van der Waals surface area contributed by atoms with Crippen molar-refractivity contribution in [3.63, 3.8) is 0 Å². The van der Waals surface area contributed by atoms with Crippen molar-refractivity contribution in [2.45, 2.75) is 26.2 Å². The molecule has 0 heterocycles. The zero-order chi connectivity index (χ0) is 10.2. The van der Waals surface area contributed by atoms with Gasteiger partial charge in [0.15, 0.2) is 0 Å². The van der Waals surface area contributed by atoms with Gasteiger partial charge >= 0.3 is 0 Å². The van der Waals surface area contributed by atoms with E-state index in [0.717, 1.165) is 5.56 Å². The molecule has 0 fully saturated rings. The Morgan fingerprint density at radius 2 is 1.85 bits per heavy atom. The van der Waals surface area contributed by atoms with E-state index >= 15 is 0 Å². The molecular formula is C10H12BrClO. The third-order valence-corrected chi connectivity index (χ3v) is 2.78. The second-order valence-corrected chi connectivity index (χ2v) is 5.30. The van der Waals surface area contributed by atoms with Crippen molar-refractivity contribution in [3.8, 4) is 5.75 Å². The number of aromatic hydroxyl groups is 1. The summed E-state index contributed by atoms with van der Waals surface area (Å²) in [5.74, 6) is 0.106. The molecule has 0 unspecified atom stereocenters. The van der Waals surface area contributed by atoms with Crippen LogP contribution >= 0.6 is 27.5 Å². The lowest BCUT2D eigenvalue weighted by Gasteiger charge is -2.20. The highest BCUT2D eigenvalue weighted by Crippen LogP contribution is 2.36. The van der Waals surface area contributed by atoms with Gasteiger partial charge in [0.05, 0.1) is 9.50 Å². The first kappa shape index (κ1) is 10.9. The van der Waals surface area contributed by atoms with Gasteiger partial charge < -0.3 is 5.11 Å². The average Bonchev–Trinajstić information content (AvgIpc) is 1.97. The van der Waals surface area contributed by atoms with Crippen molar-refractivity contribution in [2.24, 2.45) is 0 Å². The topological polar surface area (TPSA) is 20.2 Å². The van der Waals surface area contributed by atoms with Crippen LogP contribution in [0.5, 0.6) is 5.75 Å². The van der Waals surface area contributed by atoms with Crippen molar-refractivity contribution in [1.29, 1.82) is 0 Å². The number of rotatable bonds is 0. The van der Waals surface area contributed by atoms with Crippen LogP contribution in [0.25, 0.3) is 0 Å². The number of benzene rings is 1. The third-order valence-electron chi connectivity index (χ3n) is 1.88. The number of halogens is 2. The van der Waals surface area contributed by atoms with Crippen LogP contribution in [-0.2, 0) is 5.41 Å². The maximum Gasteiger partial charge on any atom is 0.148 e. The Balaban J connectivity index is 3.29. The van der Waals surface area contributed by atoms with Crippen LogP contribution in [0.15, 0.2) is 16.6 Å². The molecule has 0 aromatic heterocycles. The molecule has 72 valence electrons. The fourth-order valence-corrected chi connectivity index (χ4v) is 1.79. The van der Waals surface area contributed by atoms with E-state index in [0.29, 0.717) is 9.50 Å². The standard InChI is InChI=1S/C10H12BrClO/c1-10(2,3)6-4-7(11)9(13)8(12)5-6/h4-5,13H,1-3H3. The van der Waals surface area contributed by atoms with Crippen molar-refractivity contribution in [1.82, 2.24) is 0 Å². The van der Waals surface area contributed by atoms with E-state index in [2.05, 4.69) is 36.7 Å². The van der Waals surface area contributed by atoms with Crippen LogP contribution in [0.4, 0.5) is 0 Å². The fourth-order valence-electron chi connectivity index (χ4n) is 0.999. The van der Waals surface area contributed by atoms with Gasteiger partial charge in [0.1, 0.15) is 5.75 Å². The number of hydrogen-bond donors (Lipinski definition) is 1. The SMILES string of the molecule is CC(C)(C)c1cc(Cl)c(O)c(Br)c1. The summed E-state index contributed by atoms with van der Waals surface area (Å²) in [5.41, 5.74) is 1.14. The Morgan fingerprint density at radius 1 is 1.31 bits per heavy atom. The Labute approximate surface area is 91.9 Å². The minimum atomic E-state index is 0.0415. The second-order valence-electron chi connectivity index (χ2n) is 4.04. The summed E-state index contributed by atoms with van der Waals surface area (Å²) in [6, 6.07) is 3.68. The Morgan fingerprint density at radius 3 is 2.23 bits per heavy atom. The van der Waals surface area contributed by atoms with Crippen LogP contribution < -0.4 is 0 Å². The van der Waals surface area contributed by atoms with Crippen molar-refractivity contribution in [3.05, 3.63) is 27.2 Å². The number of phenols is 1. The lowest BCUT2D eigenvalue weighted by molar-refractivity contribution is 0.471. The van der Waals surface area contributed by atoms with Gasteiger partial charge in [-0.25, -0.2) is 0 Å². The monoisotopic (exact) mass is 262 g/mol. The molecule has 1 N–H and O–H groups in total. The first-order valence-electron chi connectivity index (χ1n) is 4.01. The molecule has 1 rings (SSSR count). The predicted molar refractivity (Wildman–Crippen MR) is 59.5 cm³/mol. The van der Waals surface area contributed by atoms with Gasteiger partial charge in [0.2, 0.25) is 0 Å². The van der Waals surface area contributed by atoms with Gasteiger partial charge in [0, 0.05) is 0 Å². The molecule has 0 aliphatic carbocycles. The minimum absolute atomic E-state index is 0.0415. The Hall–Kier alpha value is -0.210. The third kappa shape index (κ3) is 2.38. The number of hydrogen-bond acceptors (Lipinski definition) is 1. The molecule has 0 saturated heterocycles. The summed E-state index contributed by atoms with van der Waals surface area (Å²) in [4.78, 5) is 0. The summed E-state index contributed by atoms with van der Waals surface area (Å²) in [6.45, 7) is 6.30. The van der Waals surface area contributed by atoms with Crippen LogP contribution in [0.3, 0.4) is 0 Å². The molecule has 0 saturated carbocycles. The molecule has 3 heteroatoms. The first-order valence-corrected chi connectivity index (χ1v) is 5.18. The molecule has 1 aromatic rings. The van der Waals surface area contributed by atoms with Crippen LogP contribution in [0.2, 0.25) is 5.02 Å². The predicted octanol–water partition coefficient (Wildman–Crippen LogP) is 4.11. The van der Waals surface area contributed by atoms with Gasteiger partial charge in [-0.2, -0.15) is 0 Å². The molecular weight excluding hydrogens is 251 g/mol. The summed E-state index contributed by atoms with van der Waals surface area (Å²) < 4.78 is 0.643. The largest absolute Gasteiger partial charge is 0.505 e. The molecule has 0 radical (unpaired) electrons. The highest BCUT2D eigenvalue weighted by atomic mass is 79.9. The fraction of sp³-hybridized carbons (Fsp3) is 0.400. The molecule has 0 spiro atoms. The highest BCUT2D eigenvalue weighted by molar-refractivity contribution is 9.10. The maximum absolute atomic E-state index is 9.42. The van der Waals surface area contributed by atoms with E-state index in [4.69, 9.17) is 11.6 Å². The lowest BCUT2D eigenvalue weighted by atomic mass is 9.87. The average molecular weight is 264 g/mol. The van der Waals surface area contributed by atoms with E-state index in [1.165, 1.54) is 0 Å². The zero-order valence-corrected chi connectivity index (χ0v) is 10.2. The zero-order valence-electron chi connectivity index (χ0n) is 7.86. The maximum atomic E-state index is 9.42. The van der Waals surface area contributed by atoms with Crippen LogP contribution in [0, 0.1) is 0 Å². The molecule has 1 aromatic carbocycles. The van der Waals surface area contributed by atoms with E-state index in [-0.39, 0.29) is 11.2 Å². The smallest absolute Gasteiger partial charge is 0.148 e. The molecule has 0 amide bonds. The van der Waals surface area contributed by atoms with Gasteiger partial charge in [-0.05, 0) is 39.0 Å². The van der Waals surface area contributed by atoms with Gasteiger partial charge in [-0.1, -0.05) is 32.4 Å². The van der Waals surface area contributed by atoms with Crippen molar-refractivity contribution in [2.75, 3.05) is 0 Å². The normalized spacial score (nSPS) is 11.8. The summed E-state index contributed by atoms with van der Waals surface area (Å²) in [7, 11) is 0. The lowest BCUT2D eigenvalue weighted by Crippen LogP contribution is -2.10.